The summed E-state index contributed by atoms with van der Waals surface area (Å²) in [5, 5.41) is 12.9. The molecule has 0 saturated heterocycles. The molecule has 2 rings (SSSR count). The molecule has 3 nitrogen and oxygen atoms in total. The third kappa shape index (κ3) is 3.70. The summed E-state index contributed by atoms with van der Waals surface area (Å²) in [7, 11) is 2.21. The highest BCUT2D eigenvalue weighted by atomic mass is 79.9. The standard InChI is InChI=1S/C14H21BrN2O/c1-10(17(2)12-4-5-12)8-16-9-11-3-6-14(18)13(15)7-11/h3,6-7,10,12,16,18H,4-5,8-9H2,1-2H3. The minimum Gasteiger partial charge on any atom is -0.507 e. The molecule has 2 N–H and O–H groups in total. The van der Waals surface area contributed by atoms with Crippen LogP contribution in [0.15, 0.2) is 22.7 Å². The summed E-state index contributed by atoms with van der Waals surface area (Å²) in [6.45, 7) is 4.09. The highest BCUT2D eigenvalue weighted by molar-refractivity contribution is 9.10. The molecule has 1 aromatic rings. The van der Waals surface area contributed by atoms with Gasteiger partial charge >= 0.3 is 0 Å². The van der Waals surface area contributed by atoms with Crippen molar-refractivity contribution in [3.8, 4) is 5.75 Å². The van der Waals surface area contributed by atoms with Gasteiger partial charge in [-0.15, -0.1) is 0 Å². The normalized spacial score (nSPS) is 17.1. The summed E-state index contributed by atoms with van der Waals surface area (Å²) < 4.78 is 0.755. The number of phenolic OH excluding ortho intramolecular Hbond substituents is 1. The zero-order valence-electron chi connectivity index (χ0n) is 11.0. The number of aromatic hydroxyl groups is 1. The molecule has 100 valence electrons. The monoisotopic (exact) mass is 312 g/mol. The van der Waals surface area contributed by atoms with Gasteiger partial charge in [-0.2, -0.15) is 0 Å². The van der Waals surface area contributed by atoms with Crippen LogP contribution in [-0.2, 0) is 6.54 Å². The molecule has 4 heteroatoms. The van der Waals surface area contributed by atoms with Crippen molar-refractivity contribution in [2.45, 2.75) is 38.4 Å². The summed E-state index contributed by atoms with van der Waals surface area (Å²) in [4.78, 5) is 2.46. The molecular weight excluding hydrogens is 292 g/mol. The average molecular weight is 313 g/mol. The maximum Gasteiger partial charge on any atom is 0.129 e. The highest BCUT2D eigenvalue weighted by Gasteiger charge is 2.28. The Balaban J connectivity index is 1.75. The van der Waals surface area contributed by atoms with Crippen LogP contribution in [0.5, 0.6) is 5.75 Å². The number of halogens is 1. The first-order valence-corrected chi connectivity index (χ1v) is 7.27. The third-order valence-corrected chi connectivity index (χ3v) is 4.23. The molecule has 0 aromatic heterocycles. The van der Waals surface area contributed by atoms with Crippen LogP contribution in [-0.4, -0.2) is 35.7 Å². The zero-order valence-corrected chi connectivity index (χ0v) is 12.6. The van der Waals surface area contributed by atoms with Crippen molar-refractivity contribution in [2.75, 3.05) is 13.6 Å². The van der Waals surface area contributed by atoms with E-state index in [2.05, 4.69) is 40.1 Å². The van der Waals surface area contributed by atoms with Crippen LogP contribution in [0.2, 0.25) is 0 Å². The van der Waals surface area contributed by atoms with Gasteiger partial charge in [0.25, 0.3) is 0 Å². The Morgan fingerprint density at radius 3 is 2.83 bits per heavy atom. The lowest BCUT2D eigenvalue weighted by Gasteiger charge is -2.24. The van der Waals surface area contributed by atoms with Crippen LogP contribution in [0.1, 0.15) is 25.3 Å². The van der Waals surface area contributed by atoms with Crippen LogP contribution in [0.25, 0.3) is 0 Å². The van der Waals surface area contributed by atoms with Crippen molar-refractivity contribution in [1.29, 1.82) is 0 Å². The SMILES string of the molecule is CC(CNCc1ccc(O)c(Br)c1)N(C)C1CC1. The van der Waals surface area contributed by atoms with Crippen molar-refractivity contribution in [1.82, 2.24) is 10.2 Å². The Hall–Kier alpha value is -0.580. The number of nitrogens with one attached hydrogen (secondary N) is 1. The Morgan fingerprint density at radius 1 is 1.50 bits per heavy atom. The van der Waals surface area contributed by atoms with E-state index in [1.54, 1.807) is 6.07 Å². The predicted octanol–water partition coefficient (Wildman–Crippen LogP) is 2.73. The summed E-state index contributed by atoms with van der Waals surface area (Å²) in [6, 6.07) is 7.00. The third-order valence-electron chi connectivity index (χ3n) is 3.60. The lowest BCUT2D eigenvalue weighted by molar-refractivity contribution is 0.241. The van der Waals surface area contributed by atoms with Gasteiger partial charge in [0.2, 0.25) is 0 Å². The number of phenols is 1. The number of hydrogen-bond acceptors (Lipinski definition) is 3. The van der Waals surface area contributed by atoms with Crippen molar-refractivity contribution >= 4 is 15.9 Å². The summed E-state index contributed by atoms with van der Waals surface area (Å²) in [5.41, 5.74) is 1.18. The van der Waals surface area contributed by atoms with E-state index < -0.39 is 0 Å². The molecule has 0 heterocycles. The number of rotatable bonds is 6. The average Bonchev–Trinajstić information content (AvgIpc) is 3.16. The van der Waals surface area contributed by atoms with Gasteiger partial charge in [-0.05, 0) is 60.4 Å². The van der Waals surface area contributed by atoms with Crippen molar-refractivity contribution < 1.29 is 5.11 Å². The van der Waals surface area contributed by atoms with E-state index in [0.717, 1.165) is 23.6 Å². The van der Waals surface area contributed by atoms with Crippen LogP contribution < -0.4 is 5.32 Å². The van der Waals surface area contributed by atoms with E-state index >= 15 is 0 Å². The fourth-order valence-corrected chi connectivity index (χ4v) is 2.50. The van der Waals surface area contributed by atoms with E-state index in [1.165, 1.54) is 18.4 Å². The molecule has 0 amide bonds. The fourth-order valence-electron chi connectivity index (χ4n) is 2.07. The Kier molecular flexibility index (Phi) is 4.65. The van der Waals surface area contributed by atoms with Crippen molar-refractivity contribution in [2.24, 2.45) is 0 Å². The molecule has 0 bridgehead atoms. The van der Waals surface area contributed by atoms with Crippen LogP contribution in [0.4, 0.5) is 0 Å². The smallest absolute Gasteiger partial charge is 0.129 e. The number of nitrogens with zero attached hydrogens (tertiary/aromatic N) is 1. The van der Waals surface area contributed by atoms with Crippen molar-refractivity contribution in [3.05, 3.63) is 28.2 Å². The predicted molar refractivity (Wildman–Crippen MR) is 77.8 cm³/mol. The topological polar surface area (TPSA) is 35.5 Å². The lowest BCUT2D eigenvalue weighted by atomic mass is 10.2. The van der Waals surface area contributed by atoms with E-state index in [9.17, 15) is 5.11 Å². The Bertz CT molecular complexity index is 407. The zero-order chi connectivity index (χ0) is 13.1. The van der Waals surface area contributed by atoms with Gasteiger partial charge in [0.15, 0.2) is 0 Å². The quantitative estimate of drug-likeness (QED) is 0.848. The van der Waals surface area contributed by atoms with E-state index in [1.807, 2.05) is 12.1 Å². The van der Waals surface area contributed by atoms with Crippen molar-refractivity contribution in [3.63, 3.8) is 0 Å². The second kappa shape index (κ2) is 6.04. The first-order valence-electron chi connectivity index (χ1n) is 6.48. The van der Waals surface area contributed by atoms with Gasteiger partial charge in [0.1, 0.15) is 5.75 Å². The molecule has 0 aliphatic heterocycles. The molecule has 18 heavy (non-hydrogen) atoms. The summed E-state index contributed by atoms with van der Waals surface area (Å²) in [5.74, 6) is 0.292. The second-order valence-electron chi connectivity index (χ2n) is 5.16. The minimum absolute atomic E-state index is 0.292. The molecule has 1 aliphatic carbocycles. The van der Waals surface area contributed by atoms with Gasteiger partial charge in [-0.25, -0.2) is 0 Å². The molecule has 1 saturated carbocycles. The molecular formula is C14H21BrN2O. The van der Waals surface area contributed by atoms with E-state index in [-0.39, 0.29) is 0 Å². The Labute approximate surface area is 117 Å². The summed E-state index contributed by atoms with van der Waals surface area (Å²) in [6.07, 6.45) is 2.71. The van der Waals surface area contributed by atoms with Crippen LogP contribution in [0.3, 0.4) is 0 Å². The van der Waals surface area contributed by atoms with Gasteiger partial charge in [-0.1, -0.05) is 6.07 Å². The number of likely N-dealkylation sites (N-methyl/N-ethyl adjacent to an activating group) is 1. The second-order valence-corrected chi connectivity index (χ2v) is 6.02. The molecule has 1 aromatic carbocycles. The van der Waals surface area contributed by atoms with Gasteiger partial charge in [-0.3, -0.25) is 4.90 Å². The summed E-state index contributed by atoms with van der Waals surface area (Å²) >= 11 is 3.33. The van der Waals surface area contributed by atoms with Crippen LogP contribution >= 0.6 is 15.9 Å². The van der Waals surface area contributed by atoms with Gasteiger partial charge in [0.05, 0.1) is 4.47 Å². The fraction of sp³-hybridized carbons (Fsp3) is 0.571. The maximum absolute atomic E-state index is 9.42. The van der Waals surface area contributed by atoms with Gasteiger partial charge < -0.3 is 10.4 Å². The molecule has 0 radical (unpaired) electrons. The molecule has 1 atom stereocenters. The molecule has 1 fully saturated rings. The van der Waals surface area contributed by atoms with E-state index in [0.29, 0.717) is 11.8 Å². The number of hydrogen-bond donors (Lipinski definition) is 2. The van der Waals surface area contributed by atoms with Crippen LogP contribution in [0, 0.1) is 0 Å². The molecule has 1 aliphatic rings. The van der Waals surface area contributed by atoms with E-state index in [4.69, 9.17) is 0 Å². The largest absolute Gasteiger partial charge is 0.507 e. The molecule has 0 spiro atoms. The Morgan fingerprint density at radius 2 is 2.22 bits per heavy atom. The first kappa shape index (κ1) is 13.8. The van der Waals surface area contributed by atoms with Gasteiger partial charge in [0, 0.05) is 25.2 Å². The lowest BCUT2D eigenvalue weighted by Crippen LogP contribution is -2.38. The minimum atomic E-state index is 0.292. The highest BCUT2D eigenvalue weighted by Crippen LogP contribution is 2.27. The first-order chi connectivity index (χ1) is 8.58. The maximum atomic E-state index is 9.42. The number of benzene rings is 1. The molecule has 1 unspecified atom stereocenters.